The summed E-state index contributed by atoms with van der Waals surface area (Å²) in [6.07, 6.45) is 0. The van der Waals surface area contributed by atoms with Gasteiger partial charge in [0.15, 0.2) is 0 Å². The Hall–Kier alpha value is 2.84. The molecule has 0 aromatic heterocycles. The standard InChI is InChI=1S/2BrH.Ca.Zn.2H/h2*1H;;;;. The van der Waals surface area contributed by atoms with Gasteiger partial charge >= 0.3 is 37.7 Å². The number of hydrogen-bond donors (Lipinski definition) is 0. The molecule has 0 aliphatic heterocycles. The first-order chi connectivity index (χ1) is 0. The van der Waals surface area contributed by atoms with Crippen molar-refractivity contribution in [1.29, 1.82) is 0 Å². The third-order valence-corrected chi connectivity index (χ3v) is 0. The van der Waals surface area contributed by atoms with Crippen LogP contribution in [0.1, 0.15) is 0 Å². The summed E-state index contributed by atoms with van der Waals surface area (Å²) >= 11 is 0. The molecule has 4 heavy (non-hydrogen) atoms. The normalized spacial score (nSPS) is 0. The summed E-state index contributed by atoms with van der Waals surface area (Å²) in [5.41, 5.74) is 0. The zero-order valence-electron chi connectivity index (χ0n) is 1.52. The van der Waals surface area contributed by atoms with Gasteiger partial charge in [0.1, 0.15) is 0 Å². The van der Waals surface area contributed by atoms with E-state index in [1.165, 1.54) is 0 Å². The van der Waals surface area contributed by atoms with E-state index in [9.17, 15) is 0 Å². The van der Waals surface area contributed by atoms with E-state index in [1.54, 1.807) is 0 Å². The van der Waals surface area contributed by atoms with Gasteiger partial charge < -0.3 is 0 Å². The van der Waals surface area contributed by atoms with Crippen molar-refractivity contribution >= 4 is 71.7 Å². The van der Waals surface area contributed by atoms with Gasteiger partial charge in [0.05, 0.1) is 0 Å². The fraction of sp³-hybridized carbons (Fsp3) is 0. The van der Waals surface area contributed by atoms with Gasteiger partial charge in [0.2, 0.25) is 0 Å². The summed E-state index contributed by atoms with van der Waals surface area (Å²) < 4.78 is 0. The van der Waals surface area contributed by atoms with Crippen LogP contribution in [0.5, 0.6) is 0 Å². The van der Waals surface area contributed by atoms with E-state index >= 15 is 0 Å². The van der Waals surface area contributed by atoms with Gasteiger partial charge in [-0.2, -0.15) is 0 Å². The Morgan fingerprint density at radius 3 is 0.750 bits per heavy atom. The molecule has 0 saturated heterocycles. The van der Waals surface area contributed by atoms with E-state index in [1.807, 2.05) is 0 Å². The number of rotatable bonds is 0. The van der Waals surface area contributed by atoms with E-state index in [2.05, 4.69) is 0 Å². The average molecular weight is 269 g/mol. The molecule has 0 spiro atoms. The van der Waals surface area contributed by atoms with Crippen LogP contribution in [0.15, 0.2) is 0 Å². The molecule has 0 unspecified atom stereocenters. The maximum atomic E-state index is 0. The van der Waals surface area contributed by atoms with E-state index in [0.717, 1.165) is 0 Å². The summed E-state index contributed by atoms with van der Waals surface area (Å²) in [6.45, 7) is 0. The third kappa shape index (κ3) is 8.85. The van der Waals surface area contributed by atoms with Crippen molar-refractivity contribution < 1.29 is 19.5 Å². The molecule has 0 aromatic rings. The van der Waals surface area contributed by atoms with Crippen LogP contribution in [-0.4, -0.2) is 37.7 Å². The molecule has 22 valence electrons. The summed E-state index contributed by atoms with van der Waals surface area (Å²) in [4.78, 5) is 0. The molecule has 0 fully saturated rings. The molecule has 0 aliphatic carbocycles. The third-order valence-electron chi connectivity index (χ3n) is 0. The van der Waals surface area contributed by atoms with Gasteiger partial charge in [-0.05, 0) is 0 Å². The predicted octanol–water partition coefficient (Wildman–Crippen LogP) is 0.237. The fourth-order valence-electron chi connectivity index (χ4n) is 0. The zero-order chi connectivity index (χ0) is 0. The molecule has 0 aliphatic rings. The molecule has 0 bridgehead atoms. The first-order valence-corrected chi connectivity index (χ1v) is 0. The van der Waals surface area contributed by atoms with Crippen molar-refractivity contribution in [2.45, 2.75) is 0 Å². The molecular formula is H4Br2CaZn. The Morgan fingerprint density at radius 1 is 0.750 bits per heavy atom. The van der Waals surface area contributed by atoms with Crippen molar-refractivity contribution in [3.63, 3.8) is 0 Å². The van der Waals surface area contributed by atoms with Crippen LogP contribution in [0.25, 0.3) is 0 Å². The van der Waals surface area contributed by atoms with Crippen LogP contribution < -0.4 is 0 Å². The van der Waals surface area contributed by atoms with Gasteiger partial charge in [-0.25, -0.2) is 0 Å². The van der Waals surface area contributed by atoms with E-state index in [4.69, 9.17) is 0 Å². The Bertz CT molecular complexity index is 6.00. The average Bonchev–Trinajstić information content (AvgIpc) is 0. The second kappa shape index (κ2) is 17.0. The van der Waals surface area contributed by atoms with Gasteiger partial charge in [-0.3, -0.25) is 0 Å². The van der Waals surface area contributed by atoms with E-state index < -0.39 is 0 Å². The van der Waals surface area contributed by atoms with Gasteiger partial charge in [-0.1, -0.05) is 0 Å². The van der Waals surface area contributed by atoms with Crippen molar-refractivity contribution in [2.24, 2.45) is 0 Å². The molecule has 0 rings (SSSR count). The molecule has 0 saturated carbocycles. The topological polar surface area (TPSA) is 0 Å². The van der Waals surface area contributed by atoms with Gasteiger partial charge in [0, 0.05) is 19.5 Å². The minimum Gasteiger partial charge on any atom is 0 e. The van der Waals surface area contributed by atoms with Crippen LogP contribution in [0.4, 0.5) is 0 Å². The van der Waals surface area contributed by atoms with Gasteiger partial charge in [-0.15, -0.1) is 34.0 Å². The van der Waals surface area contributed by atoms with Crippen molar-refractivity contribution in [2.75, 3.05) is 0 Å². The molecule has 0 atom stereocenters. The molecule has 0 aromatic carbocycles. The Kier molecular flexibility index (Phi) is 123. The molecular weight excluding hydrogens is 265 g/mol. The van der Waals surface area contributed by atoms with E-state index in [0.29, 0.717) is 0 Å². The minimum atomic E-state index is 0. The van der Waals surface area contributed by atoms with Crippen LogP contribution in [0, 0.1) is 0 Å². The maximum absolute atomic E-state index is 0. The van der Waals surface area contributed by atoms with Crippen LogP contribution >= 0.6 is 34.0 Å². The summed E-state index contributed by atoms with van der Waals surface area (Å²) in [5.74, 6) is 0. The number of halogens is 2. The van der Waals surface area contributed by atoms with Crippen molar-refractivity contribution in [1.82, 2.24) is 0 Å². The Labute approximate surface area is 89.4 Å². The van der Waals surface area contributed by atoms with Crippen LogP contribution in [-0.2, 0) is 19.5 Å². The minimum absolute atomic E-state index is 0. The summed E-state index contributed by atoms with van der Waals surface area (Å²) in [7, 11) is 0. The SMILES string of the molecule is Br.Br.[CaH2].[Zn]. The first kappa shape index (κ1) is 28.9. The first-order valence-electron chi connectivity index (χ1n) is 0. The predicted molar refractivity (Wildman–Crippen MR) is 29.2 cm³/mol. The van der Waals surface area contributed by atoms with Crippen LogP contribution in [0.2, 0.25) is 0 Å². The molecule has 0 nitrogen and oxygen atoms in total. The molecule has 0 radical (unpaired) electrons. The quantitative estimate of drug-likeness (QED) is 0.553. The Balaban J connectivity index is 0. The smallest absolute Gasteiger partial charge is 0 e. The van der Waals surface area contributed by atoms with Crippen molar-refractivity contribution in [3.05, 3.63) is 0 Å². The second-order valence-electron chi connectivity index (χ2n) is 0. The zero-order valence-corrected chi connectivity index (χ0v) is 7.92. The molecule has 0 N–H and O–H groups in total. The van der Waals surface area contributed by atoms with Crippen LogP contribution in [0.3, 0.4) is 0 Å². The molecule has 0 heterocycles. The van der Waals surface area contributed by atoms with Crippen molar-refractivity contribution in [3.8, 4) is 0 Å². The molecule has 4 heteroatoms. The van der Waals surface area contributed by atoms with Gasteiger partial charge in [0.25, 0.3) is 0 Å². The maximum Gasteiger partial charge on any atom is 0 e. The Morgan fingerprint density at radius 2 is 0.750 bits per heavy atom. The summed E-state index contributed by atoms with van der Waals surface area (Å²) in [6, 6.07) is 0. The monoisotopic (exact) mass is 266 g/mol. The molecule has 0 amide bonds. The fourth-order valence-corrected chi connectivity index (χ4v) is 0. The second-order valence-corrected chi connectivity index (χ2v) is 0. The largest absolute Gasteiger partial charge is 0 e. The summed E-state index contributed by atoms with van der Waals surface area (Å²) in [5, 5.41) is 0. The number of hydrogen-bond acceptors (Lipinski definition) is 0. The van der Waals surface area contributed by atoms with E-state index in [-0.39, 0.29) is 91.2 Å².